The van der Waals surface area contributed by atoms with Crippen LogP contribution in [0.25, 0.3) is 0 Å². The Morgan fingerprint density at radius 3 is 2.81 bits per heavy atom. The van der Waals surface area contributed by atoms with Crippen LogP contribution in [0.4, 0.5) is 5.82 Å². The number of rotatable bonds is 4. The second kappa shape index (κ2) is 5.25. The number of aryl methyl sites for hydroxylation is 1. The van der Waals surface area contributed by atoms with Crippen LogP contribution >= 0.6 is 11.8 Å². The molecule has 90 valence electrons. The first-order valence-electron chi connectivity index (χ1n) is 5.02. The summed E-state index contributed by atoms with van der Waals surface area (Å²) in [6.07, 6.45) is 3.53. The number of hydrogen-bond donors (Lipinski definition) is 1. The molecule has 1 unspecified atom stereocenters. The Bertz CT molecular complexity index is 377. The average molecular weight is 242 g/mol. The Labute approximate surface area is 100.0 Å². The smallest absolute Gasteiger partial charge is 0.259 e. The number of anilines is 1. The Morgan fingerprint density at radius 2 is 2.38 bits per heavy atom. The largest absolute Gasteiger partial charge is 0.383 e. The highest BCUT2D eigenvalue weighted by Crippen LogP contribution is 2.14. The zero-order valence-corrected chi connectivity index (χ0v) is 10.9. The maximum Gasteiger partial charge on any atom is 0.259 e. The topological polar surface area (TPSA) is 64.2 Å². The lowest BCUT2D eigenvalue weighted by atomic mass is 10.2. The fourth-order valence-electron chi connectivity index (χ4n) is 1.35. The maximum atomic E-state index is 12.1. The van der Waals surface area contributed by atoms with Crippen LogP contribution in [-0.2, 0) is 7.05 Å². The van der Waals surface area contributed by atoms with Crippen molar-refractivity contribution in [2.45, 2.75) is 13.0 Å². The minimum absolute atomic E-state index is 0.0767. The van der Waals surface area contributed by atoms with Crippen molar-refractivity contribution in [1.82, 2.24) is 14.7 Å². The summed E-state index contributed by atoms with van der Waals surface area (Å²) >= 11 is 1.71. The molecule has 0 bridgehead atoms. The van der Waals surface area contributed by atoms with Gasteiger partial charge in [-0.3, -0.25) is 9.48 Å². The van der Waals surface area contributed by atoms with E-state index in [0.29, 0.717) is 11.4 Å². The SMILES string of the molecule is CSCC(C)N(C)C(=O)c1cnn(C)c1N. The number of aromatic nitrogens is 2. The molecule has 0 aliphatic heterocycles. The number of carbonyl (C=O) groups is 1. The summed E-state index contributed by atoms with van der Waals surface area (Å²) in [5.74, 6) is 1.24. The lowest BCUT2D eigenvalue weighted by Crippen LogP contribution is -2.36. The van der Waals surface area contributed by atoms with Crippen molar-refractivity contribution in [2.75, 3.05) is 24.8 Å². The van der Waals surface area contributed by atoms with E-state index in [1.165, 1.54) is 10.9 Å². The highest BCUT2D eigenvalue weighted by atomic mass is 32.2. The van der Waals surface area contributed by atoms with Gasteiger partial charge in [-0.05, 0) is 13.2 Å². The van der Waals surface area contributed by atoms with Crippen LogP contribution in [0.2, 0.25) is 0 Å². The van der Waals surface area contributed by atoms with Gasteiger partial charge in [0, 0.05) is 25.9 Å². The second-order valence-electron chi connectivity index (χ2n) is 3.79. The molecule has 0 aliphatic rings. The van der Waals surface area contributed by atoms with E-state index in [1.54, 1.807) is 30.8 Å². The Kier molecular flexibility index (Phi) is 4.23. The monoisotopic (exact) mass is 242 g/mol. The minimum atomic E-state index is -0.0767. The van der Waals surface area contributed by atoms with Crippen molar-refractivity contribution in [1.29, 1.82) is 0 Å². The second-order valence-corrected chi connectivity index (χ2v) is 4.70. The molecular formula is C10H18N4OS. The van der Waals surface area contributed by atoms with Crippen LogP contribution in [0.3, 0.4) is 0 Å². The summed E-state index contributed by atoms with van der Waals surface area (Å²) in [7, 11) is 3.51. The zero-order chi connectivity index (χ0) is 12.3. The fourth-order valence-corrected chi connectivity index (χ4v) is 2.06. The van der Waals surface area contributed by atoms with E-state index in [9.17, 15) is 4.79 Å². The normalized spacial score (nSPS) is 12.5. The van der Waals surface area contributed by atoms with Gasteiger partial charge in [-0.1, -0.05) is 0 Å². The number of nitrogens with zero attached hydrogens (tertiary/aromatic N) is 3. The molecule has 0 fully saturated rings. The fraction of sp³-hybridized carbons (Fsp3) is 0.600. The molecule has 0 saturated carbocycles. The number of nitrogen functional groups attached to an aromatic ring is 1. The van der Waals surface area contributed by atoms with Gasteiger partial charge in [-0.15, -0.1) is 0 Å². The number of nitrogens with two attached hydrogens (primary N) is 1. The predicted octanol–water partition coefficient (Wildman–Crippen LogP) is 0.826. The molecule has 0 spiro atoms. The van der Waals surface area contributed by atoms with Crippen LogP contribution < -0.4 is 5.73 Å². The summed E-state index contributed by atoms with van der Waals surface area (Å²) in [5, 5.41) is 3.96. The van der Waals surface area contributed by atoms with Crippen LogP contribution in [-0.4, -0.2) is 45.7 Å². The quantitative estimate of drug-likeness (QED) is 0.849. The van der Waals surface area contributed by atoms with Gasteiger partial charge in [-0.25, -0.2) is 0 Å². The van der Waals surface area contributed by atoms with Gasteiger partial charge < -0.3 is 10.6 Å². The summed E-state index contributed by atoms with van der Waals surface area (Å²) < 4.78 is 1.50. The first kappa shape index (κ1) is 12.9. The first-order valence-corrected chi connectivity index (χ1v) is 6.42. The molecule has 5 nitrogen and oxygen atoms in total. The molecule has 0 radical (unpaired) electrons. The molecule has 1 amide bonds. The molecule has 0 aliphatic carbocycles. The molecule has 6 heteroatoms. The molecule has 1 aromatic rings. The minimum Gasteiger partial charge on any atom is -0.383 e. The summed E-state index contributed by atoms with van der Waals surface area (Å²) in [6, 6.07) is 0.183. The zero-order valence-electron chi connectivity index (χ0n) is 10.1. The number of hydrogen-bond acceptors (Lipinski definition) is 4. The molecule has 0 aromatic carbocycles. The number of amides is 1. The first-order chi connectivity index (χ1) is 7.49. The highest BCUT2D eigenvalue weighted by Gasteiger charge is 2.21. The third-order valence-corrected chi connectivity index (χ3v) is 3.42. The summed E-state index contributed by atoms with van der Waals surface area (Å²) in [6.45, 7) is 2.01. The predicted molar refractivity (Wildman–Crippen MR) is 67.6 cm³/mol. The summed E-state index contributed by atoms with van der Waals surface area (Å²) in [5.41, 5.74) is 6.23. The van der Waals surface area contributed by atoms with Gasteiger partial charge >= 0.3 is 0 Å². The van der Waals surface area contributed by atoms with E-state index in [4.69, 9.17) is 5.73 Å². The van der Waals surface area contributed by atoms with Gasteiger partial charge in [0.05, 0.1) is 6.20 Å². The van der Waals surface area contributed by atoms with Crippen molar-refractivity contribution in [3.8, 4) is 0 Å². The van der Waals surface area contributed by atoms with Crippen LogP contribution in [0.1, 0.15) is 17.3 Å². The Hall–Kier alpha value is -1.17. The van der Waals surface area contributed by atoms with Crippen LogP contribution in [0.5, 0.6) is 0 Å². The molecule has 1 heterocycles. The Balaban J connectivity index is 2.82. The third-order valence-electron chi connectivity index (χ3n) is 2.60. The van der Waals surface area contributed by atoms with E-state index in [2.05, 4.69) is 5.10 Å². The van der Waals surface area contributed by atoms with Crippen molar-refractivity contribution in [3.05, 3.63) is 11.8 Å². The van der Waals surface area contributed by atoms with Crippen molar-refractivity contribution >= 4 is 23.5 Å². The molecule has 16 heavy (non-hydrogen) atoms. The van der Waals surface area contributed by atoms with Crippen molar-refractivity contribution < 1.29 is 4.79 Å². The van der Waals surface area contributed by atoms with E-state index in [0.717, 1.165) is 5.75 Å². The van der Waals surface area contributed by atoms with Gasteiger partial charge in [0.2, 0.25) is 0 Å². The lowest BCUT2D eigenvalue weighted by Gasteiger charge is -2.23. The number of carbonyl (C=O) groups excluding carboxylic acids is 1. The maximum absolute atomic E-state index is 12.1. The van der Waals surface area contributed by atoms with E-state index >= 15 is 0 Å². The lowest BCUT2D eigenvalue weighted by molar-refractivity contribution is 0.0758. The summed E-state index contributed by atoms with van der Waals surface area (Å²) in [4.78, 5) is 13.8. The average Bonchev–Trinajstić information content (AvgIpc) is 2.58. The molecule has 0 saturated heterocycles. The highest BCUT2D eigenvalue weighted by molar-refractivity contribution is 7.98. The van der Waals surface area contributed by atoms with E-state index < -0.39 is 0 Å². The van der Waals surface area contributed by atoms with Crippen LogP contribution in [0, 0.1) is 0 Å². The van der Waals surface area contributed by atoms with E-state index in [-0.39, 0.29) is 11.9 Å². The van der Waals surface area contributed by atoms with Gasteiger partial charge in [-0.2, -0.15) is 16.9 Å². The van der Waals surface area contributed by atoms with Gasteiger partial charge in [0.1, 0.15) is 11.4 Å². The molecule has 1 rings (SSSR count). The molecular weight excluding hydrogens is 224 g/mol. The Morgan fingerprint density at radius 1 is 1.75 bits per heavy atom. The van der Waals surface area contributed by atoms with Gasteiger partial charge in [0.25, 0.3) is 5.91 Å². The molecule has 2 N–H and O–H groups in total. The molecule has 1 aromatic heterocycles. The van der Waals surface area contributed by atoms with Crippen molar-refractivity contribution in [2.24, 2.45) is 7.05 Å². The van der Waals surface area contributed by atoms with Crippen molar-refractivity contribution in [3.63, 3.8) is 0 Å². The van der Waals surface area contributed by atoms with Crippen LogP contribution in [0.15, 0.2) is 6.20 Å². The standard InChI is InChI=1S/C10H18N4OS/c1-7(6-16-4)13(2)10(15)8-5-12-14(3)9(8)11/h5,7H,6,11H2,1-4H3. The van der Waals surface area contributed by atoms with Gasteiger partial charge in [0.15, 0.2) is 0 Å². The van der Waals surface area contributed by atoms with E-state index in [1.807, 2.05) is 13.2 Å². The molecule has 1 atom stereocenters. The number of thioether (sulfide) groups is 1. The third kappa shape index (κ3) is 2.49.